The SMILES string of the molecule is c1ccc(-n2c3ccccc3c3cc(-c4cccc(B5OCCO5)c4)ccc32)cc1. The fraction of sp³-hybridized carbons (Fsp3) is 0.0769. The molecule has 0 bridgehead atoms. The molecule has 30 heavy (non-hydrogen) atoms. The smallest absolute Gasteiger partial charge is 0.405 e. The first kappa shape index (κ1) is 17.5. The third-order valence-corrected chi connectivity index (χ3v) is 5.80. The quantitative estimate of drug-likeness (QED) is 0.397. The second-order valence-corrected chi connectivity index (χ2v) is 7.62. The van der Waals surface area contributed by atoms with Gasteiger partial charge in [0.2, 0.25) is 0 Å². The number of nitrogens with zero attached hydrogens (tertiary/aromatic N) is 1. The number of aromatic nitrogens is 1. The first-order valence-electron chi connectivity index (χ1n) is 10.3. The van der Waals surface area contributed by atoms with Crippen LogP contribution in [0.25, 0.3) is 38.6 Å². The molecule has 0 atom stereocenters. The average molecular weight is 389 g/mol. The number of hydrogen-bond acceptors (Lipinski definition) is 2. The van der Waals surface area contributed by atoms with Gasteiger partial charge in [0.25, 0.3) is 0 Å². The summed E-state index contributed by atoms with van der Waals surface area (Å²) in [5, 5.41) is 2.52. The molecule has 1 fully saturated rings. The first-order valence-corrected chi connectivity index (χ1v) is 10.3. The molecule has 3 nitrogen and oxygen atoms in total. The summed E-state index contributed by atoms with van der Waals surface area (Å²) in [7, 11) is -0.256. The Morgan fingerprint density at radius 3 is 2.20 bits per heavy atom. The van der Waals surface area contributed by atoms with E-state index in [1.54, 1.807) is 0 Å². The maximum Gasteiger partial charge on any atom is 0.494 e. The van der Waals surface area contributed by atoms with E-state index in [0.717, 1.165) is 5.46 Å². The zero-order valence-corrected chi connectivity index (χ0v) is 16.5. The van der Waals surface area contributed by atoms with E-state index < -0.39 is 0 Å². The molecule has 4 aromatic carbocycles. The lowest BCUT2D eigenvalue weighted by atomic mass is 9.78. The predicted octanol–water partition coefficient (Wildman–Crippen LogP) is 5.19. The van der Waals surface area contributed by atoms with E-state index in [-0.39, 0.29) is 7.12 Å². The van der Waals surface area contributed by atoms with Gasteiger partial charge in [0.15, 0.2) is 0 Å². The Bertz CT molecular complexity index is 1350. The average Bonchev–Trinajstić information content (AvgIpc) is 3.46. The molecule has 0 unspecified atom stereocenters. The van der Waals surface area contributed by atoms with Crippen LogP contribution in [0.2, 0.25) is 0 Å². The molecule has 1 aliphatic rings. The highest BCUT2D eigenvalue weighted by molar-refractivity contribution is 6.61. The topological polar surface area (TPSA) is 23.4 Å². The van der Waals surface area contributed by atoms with E-state index in [9.17, 15) is 0 Å². The van der Waals surface area contributed by atoms with Gasteiger partial charge in [-0.3, -0.25) is 0 Å². The van der Waals surface area contributed by atoms with Gasteiger partial charge in [0.05, 0.1) is 24.2 Å². The Hall–Kier alpha value is -3.34. The molecule has 0 aliphatic carbocycles. The highest BCUT2D eigenvalue weighted by atomic mass is 16.6. The molecule has 6 rings (SSSR count). The Balaban J connectivity index is 1.54. The lowest BCUT2D eigenvalue weighted by Gasteiger charge is -2.09. The molecule has 144 valence electrons. The Kier molecular flexibility index (Phi) is 4.19. The van der Waals surface area contributed by atoms with Crippen molar-refractivity contribution >= 4 is 34.4 Å². The fourth-order valence-corrected chi connectivity index (χ4v) is 4.42. The van der Waals surface area contributed by atoms with Gasteiger partial charge in [0.1, 0.15) is 0 Å². The zero-order valence-electron chi connectivity index (χ0n) is 16.5. The number of hydrogen-bond donors (Lipinski definition) is 0. The van der Waals surface area contributed by atoms with Crippen LogP contribution in [0.15, 0.2) is 97.1 Å². The van der Waals surface area contributed by atoms with E-state index >= 15 is 0 Å². The van der Waals surface area contributed by atoms with Crippen LogP contribution in [-0.2, 0) is 9.31 Å². The second kappa shape index (κ2) is 7.17. The molecule has 1 saturated heterocycles. The first-order chi connectivity index (χ1) is 14.9. The maximum atomic E-state index is 5.68. The lowest BCUT2D eigenvalue weighted by Crippen LogP contribution is -2.31. The third kappa shape index (κ3) is 2.85. The molecule has 1 aliphatic heterocycles. The minimum Gasteiger partial charge on any atom is -0.405 e. The summed E-state index contributed by atoms with van der Waals surface area (Å²) in [5.41, 5.74) is 7.04. The minimum atomic E-state index is -0.256. The Morgan fingerprint density at radius 1 is 0.600 bits per heavy atom. The molecule has 4 heteroatoms. The summed E-state index contributed by atoms with van der Waals surface area (Å²) < 4.78 is 13.7. The lowest BCUT2D eigenvalue weighted by molar-refractivity contribution is 0.365. The van der Waals surface area contributed by atoms with Gasteiger partial charge in [-0.25, -0.2) is 0 Å². The monoisotopic (exact) mass is 389 g/mol. The van der Waals surface area contributed by atoms with Crippen molar-refractivity contribution in [1.29, 1.82) is 0 Å². The molecule has 0 spiro atoms. The summed E-state index contributed by atoms with van der Waals surface area (Å²) in [5.74, 6) is 0. The Labute approximate surface area is 175 Å². The van der Waals surface area contributed by atoms with Crippen LogP contribution in [0.5, 0.6) is 0 Å². The highest BCUT2D eigenvalue weighted by Gasteiger charge is 2.26. The van der Waals surface area contributed by atoms with Crippen LogP contribution in [0.3, 0.4) is 0 Å². The van der Waals surface area contributed by atoms with Crippen molar-refractivity contribution in [3.05, 3.63) is 97.1 Å². The van der Waals surface area contributed by atoms with Gasteiger partial charge in [0, 0.05) is 16.5 Å². The van der Waals surface area contributed by atoms with Crippen molar-refractivity contribution in [1.82, 2.24) is 4.57 Å². The number of rotatable bonds is 3. The van der Waals surface area contributed by atoms with Crippen LogP contribution < -0.4 is 5.46 Å². The normalized spacial score (nSPS) is 14.1. The summed E-state index contributed by atoms with van der Waals surface area (Å²) >= 11 is 0. The van der Waals surface area contributed by atoms with E-state index in [0.29, 0.717) is 13.2 Å². The van der Waals surface area contributed by atoms with Crippen LogP contribution >= 0.6 is 0 Å². The predicted molar refractivity (Wildman–Crippen MR) is 124 cm³/mol. The summed E-state index contributed by atoms with van der Waals surface area (Å²) in [6, 6.07) is 34.4. The number of fused-ring (bicyclic) bond motifs is 3. The van der Waals surface area contributed by atoms with Gasteiger partial charge in [-0.15, -0.1) is 0 Å². The molecule has 0 saturated carbocycles. The molecule has 5 aromatic rings. The third-order valence-electron chi connectivity index (χ3n) is 5.80. The van der Waals surface area contributed by atoms with Gasteiger partial charge in [-0.05, 0) is 46.9 Å². The Morgan fingerprint density at radius 2 is 1.33 bits per heavy atom. The largest absolute Gasteiger partial charge is 0.494 e. The molecule has 2 heterocycles. The van der Waals surface area contributed by atoms with Crippen molar-refractivity contribution in [2.75, 3.05) is 13.2 Å². The van der Waals surface area contributed by atoms with Crippen molar-refractivity contribution in [2.24, 2.45) is 0 Å². The maximum absolute atomic E-state index is 5.68. The van der Waals surface area contributed by atoms with E-state index in [4.69, 9.17) is 9.31 Å². The molecule has 1 aromatic heterocycles. The fourth-order valence-electron chi connectivity index (χ4n) is 4.42. The van der Waals surface area contributed by atoms with E-state index in [1.807, 2.05) is 0 Å². The molecular formula is C26H20BNO2. The van der Waals surface area contributed by atoms with Crippen molar-refractivity contribution in [2.45, 2.75) is 0 Å². The second-order valence-electron chi connectivity index (χ2n) is 7.62. The van der Waals surface area contributed by atoms with E-state index in [1.165, 1.54) is 38.6 Å². The van der Waals surface area contributed by atoms with E-state index in [2.05, 4.69) is 102 Å². The van der Waals surface area contributed by atoms with Crippen LogP contribution in [0.1, 0.15) is 0 Å². The zero-order chi connectivity index (χ0) is 19.9. The van der Waals surface area contributed by atoms with Gasteiger partial charge in [-0.1, -0.05) is 66.7 Å². The number of para-hydroxylation sites is 2. The van der Waals surface area contributed by atoms with Gasteiger partial charge in [-0.2, -0.15) is 0 Å². The van der Waals surface area contributed by atoms with Crippen LogP contribution in [0, 0.1) is 0 Å². The highest BCUT2D eigenvalue weighted by Crippen LogP contribution is 2.34. The van der Waals surface area contributed by atoms with Crippen LogP contribution in [-0.4, -0.2) is 24.9 Å². The summed E-state index contributed by atoms with van der Waals surface area (Å²) in [6.07, 6.45) is 0. The standard InChI is InChI=1S/C26H20BNO2/c1-2-9-22(10-3-1)28-25-12-5-4-11-23(25)24-18-20(13-14-26(24)28)19-7-6-8-21(17-19)27-29-15-16-30-27/h1-14,17-18H,15-16H2. The molecule has 0 amide bonds. The summed E-state index contributed by atoms with van der Waals surface area (Å²) in [4.78, 5) is 0. The summed E-state index contributed by atoms with van der Waals surface area (Å²) in [6.45, 7) is 1.31. The molecule has 0 N–H and O–H groups in total. The minimum absolute atomic E-state index is 0.256. The van der Waals surface area contributed by atoms with Gasteiger partial charge >= 0.3 is 7.12 Å². The van der Waals surface area contributed by atoms with Crippen molar-refractivity contribution in [3.8, 4) is 16.8 Å². The van der Waals surface area contributed by atoms with Crippen molar-refractivity contribution < 1.29 is 9.31 Å². The number of benzene rings is 4. The van der Waals surface area contributed by atoms with Crippen molar-refractivity contribution in [3.63, 3.8) is 0 Å². The van der Waals surface area contributed by atoms with Crippen LogP contribution in [0.4, 0.5) is 0 Å². The molecular weight excluding hydrogens is 369 g/mol. The van der Waals surface area contributed by atoms with Gasteiger partial charge < -0.3 is 13.9 Å². The molecule has 0 radical (unpaired) electrons.